The fraction of sp³-hybridized carbons (Fsp3) is 0.820. The Morgan fingerprint density at radius 3 is 1.51 bits per heavy atom. The molecule has 2 aliphatic carbocycles. The maximum absolute atomic E-state index is 13.7. The summed E-state index contributed by atoms with van der Waals surface area (Å²) >= 11 is 3.38. The van der Waals surface area contributed by atoms with E-state index in [-0.39, 0.29) is 78.7 Å². The van der Waals surface area contributed by atoms with Gasteiger partial charge in [-0.2, -0.15) is 0 Å². The van der Waals surface area contributed by atoms with E-state index in [2.05, 4.69) is 21.3 Å². The van der Waals surface area contributed by atoms with Crippen LogP contribution in [0.25, 0.3) is 0 Å². The quantitative estimate of drug-likeness (QED) is 0.100. The molecule has 0 radical (unpaired) electrons. The average Bonchev–Trinajstić information content (AvgIpc) is 4.00. The van der Waals surface area contributed by atoms with Gasteiger partial charge in [0, 0.05) is 87.0 Å². The molecule has 0 aromatic carbocycles. The lowest BCUT2D eigenvalue weighted by Crippen LogP contribution is -2.59. The lowest BCUT2D eigenvalue weighted by Gasteiger charge is -2.39. The number of Topliss-reactive ketones (excluding diaryl/α,β-unsaturated/α-hetero) is 5. The summed E-state index contributed by atoms with van der Waals surface area (Å²) in [6, 6.07) is -0.416. The minimum atomic E-state index is -1.30. The van der Waals surface area contributed by atoms with Crippen LogP contribution in [0.1, 0.15) is 156 Å². The summed E-state index contributed by atoms with van der Waals surface area (Å²) in [5.74, 6) is -1.49. The second-order valence-electron chi connectivity index (χ2n) is 20.8. The molecule has 4 saturated heterocycles. The normalized spacial score (nSPS) is 24.2. The molecule has 6 aliphatic rings. The molecule has 0 bridgehead atoms. The fourth-order valence-corrected chi connectivity index (χ4v) is 12.5. The monoisotopic (exact) mass is 989 g/mol. The van der Waals surface area contributed by atoms with Crippen molar-refractivity contribution < 1.29 is 48.3 Å². The van der Waals surface area contributed by atoms with Crippen molar-refractivity contribution >= 4 is 76.3 Å². The van der Waals surface area contributed by atoms with Crippen LogP contribution < -0.4 is 21.3 Å². The van der Waals surface area contributed by atoms with Crippen molar-refractivity contribution in [1.29, 1.82) is 0 Å². The average molecular weight is 989 g/mol. The Hall–Kier alpha value is -3.51. The summed E-state index contributed by atoms with van der Waals surface area (Å²) in [7, 11) is 0. The molecule has 16 nitrogen and oxygen atoms in total. The highest BCUT2D eigenvalue weighted by Gasteiger charge is 2.46. The van der Waals surface area contributed by atoms with E-state index in [0.29, 0.717) is 76.5 Å². The van der Waals surface area contributed by atoms with Gasteiger partial charge in [0.1, 0.15) is 17.2 Å². The first-order valence-electron chi connectivity index (χ1n) is 25.7. The van der Waals surface area contributed by atoms with Crippen LogP contribution in [0.4, 0.5) is 9.59 Å². The summed E-state index contributed by atoms with van der Waals surface area (Å²) < 4.78 is 0. The summed E-state index contributed by atoms with van der Waals surface area (Å²) in [5, 5.41) is 22.7. The number of carbonyl (C=O) groups is 9. The van der Waals surface area contributed by atoms with E-state index < -0.39 is 52.4 Å². The fourth-order valence-electron chi connectivity index (χ4n) is 10.6. The van der Waals surface area contributed by atoms with Crippen molar-refractivity contribution in [2.24, 2.45) is 35.5 Å². The Labute approximate surface area is 412 Å². The third-order valence-corrected chi connectivity index (χ3v) is 17.2. The Kier molecular flexibility index (Phi) is 21.7. The molecule has 2 saturated carbocycles. The molecule has 18 heteroatoms. The van der Waals surface area contributed by atoms with Gasteiger partial charge in [-0.1, -0.05) is 79.1 Å². The highest BCUT2D eigenvalue weighted by Crippen LogP contribution is 2.36. The minimum absolute atomic E-state index is 0.00108. The third-order valence-electron chi connectivity index (χ3n) is 15.3. The number of aliphatic hydroxyl groups is 1. The Bertz CT molecular complexity index is 1790. The molecule has 4 aliphatic heterocycles. The number of aliphatic hydroxyl groups excluding tert-OH is 1. The molecule has 6 fully saturated rings. The van der Waals surface area contributed by atoms with Gasteiger partial charge in [-0.25, -0.2) is 9.59 Å². The first-order valence-corrected chi connectivity index (χ1v) is 28.0. The van der Waals surface area contributed by atoms with Gasteiger partial charge in [0.25, 0.3) is 0 Å². The van der Waals surface area contributed by atoms with Crippen LogP contribution in [0.5, 0.6) is 0 Å². The van der Waals surface area contributed by atoms with Crippen LogP contribution >= 0.6 is 23.5 Å². The van der Waals surface area contributed by atoms with Crippen molar-refractivity contribution in [3.8, 4) is 0 Å². The van der Waals surface area contributed by atoms with Gasteiger partial charge in [0.15, 0.2) is 23.1 Å². The lowest BCUT2D eigenvalue weighted by atomic mass is 9.73. The predicted molar refractivity (Wildman–Crippen MR) is 264 cm³/mol. The second kappa shape index (κ2) is 26.6. The standard InChI is InChI=1S/C25H41N3O5S.C25H39N3O5S/c2*1-17(2)19(22(31)20(29)14-18-8-4-7-11-26-23(18)32)15-21(30)25(9-5-3-6-10-25)27-24(33)28-12-13-34-16-28/h17-19,22,31H,3-16H2,1-2H3,(H,26,32)(H,27,33);17-19H,3-16H2,1-2H3,(H,26,32)(H,27,33)/t18-,19+,22+;18-,19+/m11/s1. The number of nitrogens with zero attached hydrogens (tertiary/aromatic N) is 2. The molecule has 0 aromatic heterocycles. The van der Waals surface area contributed by atoms with Crippen LogP contribution in [0, 0.1) is 35.5 Å². The minimum Gasteiger partial charge on any atom is -0.385 e. The highest BCUT2D eigenvalue weighted by atomic mass is 32.2. The zero-order valence-electron chi connectivity index (χ0n) is 41.2. The zero-order valence-corrected chi connectivity index (χ0v) is 42.8. The zero-order chi connectivity index (χ0) is 49.4. The molecule has 5 atom stereocenters. The molecule has 6 rings (SSSR count). The smallest absolute Gasteiger partial charge is 0.318 e. The Morgan fingerprint density at radius 1 is 0.632 bits per heavy atom. The maximum Gasteiger partial charge on any atom is 0.318 e. The van der Waals surface area contributed by atoms with Gasteiger partial charge < -0.3 is 36.2 Å². The number of nitrogens with one attached hydrogen (secondary N) is 4. The number of rotatable bonds is 18. The van der Waals surface area contributed by atoms with Crippen molar-refractivity contribution in [2.75, 3.05) is 49.4 Å². The van der Waals surface area contributed by atoms with Gasteiger partial charge in [0.05, 0.1) is 11.8 Å². The maximum atomic E-state index is 13.7. The number of carbonyl (C=O) groups excluding carboxylic acids is 9. The van der Waals surface area contributed by atoms with E-state index in [9.17, 15) is 48.3 Å². The van der Waals surface area contributed by atoms with Gasteiger partial charge in [-0.05, 0) is 63.2 Å². The molecule has 68 heavy (non-hydrogen) atoms. The first-order chi connectivity index (χ1) is 32.5. The van der Waals surface area contributed by atoms with Gasteiger partial charge in [0.2, 0.25) is 17.6 Å². The van der Waals surface area contributed by atoms with Crippen molar-refractivity contribution in [2.45, 2.75) is 173 Å². The molecule has 382 valence electrons. The van der Waals surface area contributed by atoms with Gasteiger partial charge >= 0.3 is 12.1 Å². The van der Waals surface area contributed by atoms with E-state index in [1.807, 2.05) is 27.7 Å². The highest BCUT2D eigenvalue weighted by molar-refractivity contribution is 7.99. The molecule has 6 amide bonds. The Balaban J connectivity index is 0.000000254. The number of hydrogen-bond donors (Lipinski definition) is 5. The van der Waals surface area contributed by atoms with Crippen molar-refractivity contribution in [1.82, 2.24) is 31.1 Å². The summed E-state index contributed by atoms with van der Waals surface area (Å²) in [4.78, 5) is 120. The molecule has 0 unspecified atom stereocenters. The summed E-state index contributed by atoms with van der Waals surface area (Å²) in [6.07, 6.45) is 11.1. The largest absolute Gasteiger partial charge is 0.385 e. The van der Waals surface area contributed by atoms with Crippen LogP contribution in [0.2, 0.25) is 0 Å². The number of amides is 6. The molecule has 5 N–H and O–H groups in total. The number of hydrogen-bond acceptors (Lipinski definition) is 12. The van der Waals surface area contributed by atoms with E-state index in [1.165, 1.54) is 0 Å². The van der Waals surface area contributed by atoms with Crippen LogP contribution in [0.15, 0.2) is 0 Å². The topological polar surface area (TPSA) is 228 Å². The van der Waals surface area contributed by atoms with E-state index >= 15 is 0 Å². The van der Waals surface area contributed by atoms with Gasteiger partial charge in [-0.3, -0.25) is 33.6 Å². The molecular formula is C50H80N6O10S2. The molecular weight excluding hydrogens is 909 g/mol. The van der Waals surface area contributed by atoms with Crippen LogP contribution in [-0.4, -0.2) is 134 Å². The number of urea groups is 2. The van der Waals surface area contributed by atoms with Gasteiger partial charge in [-0.15, -0.1) is 23.5 Å². The van der Waals surface area contributed by atoms with E-state index in [4.69, 9.17) is 0 Å². The molecule has 0 aromatic rings. The Morgan fingerprint density at radius 2 is 1.09 bits per heavy atom. The van der Waals surface area contributed by atoms with E-state index in [1.54, 1.807) is 33.3 Å². The van der Waals surface area contributed by atoms with Crippen molar-refractivity contribution in [3.05, 3.63) is 0 Å². The number of ketones is 5. The second-order valence-corrected chi connectivity index (χ2v) is 23.0. The van der Waals surface area contributed by atoms with Crippen LogP contribution in [-0.2, 0) is 33.6 Å². The van der Waals surface area contributed by atoms with E-state index in [0.717, 1.165) is 75.7 Å². The lowest BCUT2D eigenvalue weighted by molar-refractivity contribution is -0.143. The summed E-state index contributed by atoms with van der Waals surface area (Å²) in [5.41, 5.74) is -1.90. The number of thioether (sulfide) groups is 2. The third kappa shape index (κ3) is 15.2. The molecule has 4 heterocycles. The van der Waals surface area contributed by atoms with Crippen LogP contribution in [0.3, 0.4) is 0 Å². The predicted octanol–water partition coefficient (Wildman–Crippen LogP) is 5.95. The van der Waals surface area contributed by atoms with Crippen molar-refractivity contribution in [3.63, 3.8) is 0 Å². The first kappa shape index (κ1) is 55.4. The SMILES string of the molecule is CC(C)[C@H](CC(=O)C1(NC(=O)N2CCSC2)CCCCC1)C(=O)C(=O)C[C@H]1CCCCNC1=O.CC(C)[C@H](CC(=O)C1(NC(=O)N2CCSC2)CCCCC1)[C@H](O)C(=O)C[C@H]1CCCCNC1=O. The molecule has 0 spiro atoms. The summed E-state index contributed by atoms with van der Waals surface area (Å²) in [6.45, 7) is 10.1.